The Morgan fingerprint density at radius 3 is 2.00 bits per heavy atom. The molecule has 0 aromatic heterocycles. The fourth-order valence-electron chi connectivity index (χ4n) is 6.45. The van der Waals surface area contributed by atoms with Crippen LogP contribution >= 0.6 is 0 Å². The van der Waals surface area contributed by atoms with Gasteiger partial charge in [0.15, 0.2) is 48.0 Å². The molecule has 57 heavy (non-hydrogen) atoms. The summed E-state index contributed by atoms with van der Waals surface area (Å²) in [6.45, 7) is -0.111. The van der Waals surface area contributed by atoms with Crippen LogP contribution in [0.25, 0.3) is 6.08 Å². The second-order valence-electron chi connectivity index (χ2n) is 13.6. The molecule has 3 aliphatic rings. The van der Waals surface area contributed by atoms with E-state index in [0.29, 0.717) is 11.1 Å². The number of phenols is 2. The maximum absolute atomic E-state index is 13.4. The van der Waals surface area contributed by atoms with Crippen LogP contribution in [0.5, 0.6) is 23.0 Å². The molecule has 10 N–H and O–H groups in total. The fourth-order valence-corrected chi connectivity index (χ4v) is 6.45. The lowest BCUT2D eigenvalue weighted by molar-refractivity contribution is -0.364. The van der Waals surface area contributed by atoms with Gasteiger partial charge in [0, 0.05) is 6.08 Å². The lowest BCUT2D eigenvalue weighted by atomic mass is 9.96. The quantitative estimate of drug-likeness (QED) is 0.0652. The summed E-state index contributed by atoms with van der Waals surface area (Å²) in [4.78, 5) is 13.4. The molecule has 0 unspecified atom stereocenters. The van der Waals surface area contributed by atoms with Crippen LogP contribution in [0.2, 0.25) is 0 Å². The smallest absolute Gasteiger partial charge is 0.331 e. The number of aromatic hydroxyl groups is 2. The van der Waals surface area contributed by atoms with Crippen molar-refractivity contribution in [3.8, 4) is 23.0 Å². The largest absolute Gasteiger partial charge is 0.504 e. The molecule has 318 valence electrons. The van der Waals surface area contributed by atoms with Crippen molar-refractivity contribution < 1.29 is 98.5 Å². The molecule has 5 rings (SSSR count). The molecule has 20 heteroatoms. The Labute approximate surface area is 326 Å². The van der Waals surface area contributed by atoms with Crippen LogP contribution in [0.15, 0.2) is 42.5 Å². The van der Waals surface area contributed by atoms with Gasteiger partial charge in [-0.3, -0.25) is 0 Å². The van der Waals surface area contributed by atoms with E-state index in [-0.39, 0.29) is 36.0 Å². The van der Waals surface area contributed by atoms with Crippen LogP contribution in [-0.2, 0) is 44.4 Å². The zero-order chi connectivity index (χ0) is 41.6. The van der Waals surface area contributed by atoms with E-state index in [1.165, 1.54) is 51.5 Å². The minimum Gasteiger partial charge on any atom is -0.504 e. The minimum absolute atomic E-state index is 0.0901. The first-order valence-corrected chi connectivity index (χ1v) is 18.0. The summed E-state index contributed by atoms with van der Waals surface area (Å²) >= 11 is 0. The number of rotatable bonds is 15. The molecule has 15 atom stereocenters. The van der Waals surface area contributed by atoms with Crippen LogP contribution in [0, 0.1) is 0 Å². The average Bonchev–Trinajstić information content (AvgIpc) is 3.20. The average molecular weight is 815 g/mol. The molecule has 2 aromatic rings. The Morgan fingerprint density at radius 2 is 1.32 bits per heavy atom. The summed E-state index contributed by atoms with van der Waals surface area (Å²) in [6.07, 6.45) is -21.9. The molecule has 2 aromatic carbocycles. The molecule has 20 nitrogen and oxygen atoms in total. The summed E-state index contributed by atoms with van der Waals surface area (Å²) in [6, 6.07) is 8.86. The number of carbonyl (C=O) groups is 1. The molecule has 3 aliphatic heterocycles. The van der Waals surface area contributed by atoms with Crippen molar-refractivity contribution in [2.24, 2.45) is 0 Å². The second kappa shape index (κ2) is 19.8. The van der Waals surface area contributed by atoms with Crippen molar-refractivity contribution in [1.82, 2.24) is 0 Å². The van der Waals surface area contributed by atoms with Gasteiger partial charge in [0.2, 0.25) is 0 Å². The van der Waals surface area contributed by atoms with Crippen molar-refractivity contribution in [3.63, 3.8) is 0 Å². The van der Waals surface area contributed by atoms with Crippen molar-refractivity contribution in [3.05, 3.63) is 53.6 Å². The zero-order valence-corrected chi connectivity index (χ0v) is 31.2. The van der Waals surface area contributed by atoms with E-state index in [0.717, 1.165) is 6.08 Å². The molecule has 0 bridgehead atoms. The number of aliphatic hydroxyl groups is 8. The Balaban J connectivity index is 1.44. The maximum Gasteiger partial charge on any atom is 0.331 e. The minimum atomic E-state index is -1.86. The van der Waals surface area contributed by atoms with Gasteiger partial charge in [0.1, 0.15) is 61.0 Å². The van der Waals surface area contributed by atoms with E-state index in [2.05, 4.69) is 0 Å². The highest BCUT2D eigenvalue weighted by atomic mass is 16.8. The summed E-state index contributed by atoms with van der Waals surface area (Å²) in [5.41, 5.74) is 1.08. The molecule has 0 radical (unpaired) electrons. The van der Waals surface area contributed by atoms with Crippen molar-refractivity contribution in [2.45, 2.75) is 105 Å². The summed E-state index contributed by atoms with van der Waals surface area (Å²) < 4.78 is 50.9. The molecular weight excluding hydrogens is 764 g/mol. The van der Waals surface area contributed by atoms with E-state index >= 15 is 0 Å². The van der Waals surface area contributed by atoms with Gasteiger partial charge in [0.25, 0.3) is 0 Å². The number of hydrogen-bond donors (Lipinski definition) is 10. The van der Waals surface area contributed by atoms with Crippen molar-refractivity contribution in [1.29, 1.82) is 0 Å². The monoisotopic (exact) mass is 814 g/mol. The van der Waals surface area contributed by atoms with Crippen molar-refractivity contribution >= 4 is 12.0 Å². The summed E-state index contributed by atoms with van der Waals surface area (Å²) in [5, 5.41) is 104. The highest BCUT2D eigenvalue weighted by Crippen LogP contribution is 2.33. The van der Waals surface area contributed by atoms with E-state index in [1.54, 1.807) is 12.1 Å². The first-order valence-electron chi connectivity index (χ1n) is 18.0. The van der Waals surface area contributed by atoms with E-state index in [1.807, 2.05) is 0 Å². The number of benzene rings is 2. The number of carbonyl (C=O) groups excluding carboxylic acids is 1. The number of aliphatic hydroxyl groups excluding tert-OH is 8. The second-order valence-corrected chi connectivity index (χ2v) is 13.6. The molecule has 3 saturated heterocycles. The first-order chi connectivity index (χ1) is 27.2. The van der Waals surface area contributed by atoms with Gasteiger partial charge in [-0.2, -0.15) is 0 Å². The highest BCUT2D eigenvalue weighted by molar-refractivity contribution is 5.87. The molecule has 0 amide bonds. The first kappa shape index (κ1) is 44.4. The molecule has 0 aliphatic carbocycles. The van der Waals surface area contributed by atoms with Crippen LogP contribution in [0.3, 0.4) is 0 Å². The number of methoxy groups -OCH3 is 2. The van der Waals surface area contributed by atoms with Gasteiger partial charge in [-0.1, -0.05) is 12.1 Å². The third-order valence-corrected chi connectivity index (χ3v) is 9.77. The van der Waals surface area contributed by atoms with Gasteiger partial charge >= 0.3 is 5.97 Å². The highest BCUT2D eigenvalue weighted by Gasteiger charge is 2.53. The number of ether oxygens (including phenoxy) is 9. The maximum atomic E-state index is 13.4. The lowest BCUT2D eigenvalue weighted by Gasteiger charge is -2.47. The third-order valence-electron chi connectivity index (χ3n) is 9.77. The topological polar surface area (TPSA) is 302 Å². The standard InChI is InChI=1S/C37H50O20/c1-16-26(42)28(44)31(47)37(53-16)57-34-32(48)36(51-11-10-18-5-8-20(40)22(13-18)50-3)55-24(15-52-35-30(46)29(45)27(43)23(14-38)54-35)33(34)56-25(41)9-6-17-4-7-19(39)21(12-17)49-2/h4-9,12-13,16,23-24,26-40,42-48H,10-11,14-15H2,1-3H3/b9-6+/t16-,23+,24+,26-,27+,28+,29-,30+,31+,32+,33+,34+,35+,36+,37-/m0/s1. The molecule has 3 heterocycles. The van der Waals surface area contributed by atoms with E-state index < -0.39 is 111 Å². The SMILES string of the molecule is COc1cc(/C=C/C(=O)O[C@H]2[C@H](O[C@@H]3O[C@@H](C)[C@H](O)[C@@H](O)[C@H]3O)[C@@H](O)[C@H](OCCc3ccc(O)c(OC)c3)O[C@@H]2CO[C@@H]2O[C@H](CO)[C@@H](O)[C@H](O)[C@H]2O)ccc1O. The van der Waals surface area contributed by atoms with Crippen LogP contribution in [0.4, 0.5) is 0 Å². The van der Waals surface area contributed by atoms with Gasteiger partial charge < -0.3 is 93.7 Å². The molecule has 3 fully saturated rings. The van der Waals surface area contributed by atoms with Crippen LogP contribution < -0.4 is 9.47 Å². The normalized spacial score (nSPS) is 35.9. The van der Waals surface area contributed by atoms with Gasteiger partial charge in [-0.15, -0.1) is 0 Å². The third kappa shape index (κ3) is 10.5. The molecular formula is C37H50O20. The Morgan fingerprint density at radius 1 is 0.702 bits per heavy atom. The van der Waals surface area contributed by atoms with Crippen LogP contribution in [-0.4, -0.2) is 183 Å². The van der Waals surface area contributed by atoms with Gasteiger partial charge in [-0.25, -0.2) is 4.79 Å². The van der Waals surface area contributed by atoms with Crippen molar-refractivity contribution in [2.75, 3.05) is 34.0 Å². The summed E-state index contributed by atoms with van der Waals surface area (Å²) in [7, 11) is 2.72. The van der Waals surface area contributed by atoms with Crippen LogP contribution in [0.1, 0.15) is 18.1 Å². The number of esters is 1. The Bertz CT molecular complexity index is 1640. The lowest BCUT2D eigenvalue weighted by Crippen LogP contribution is -2.65. The predicted octanol–water partition coefficient (Wildman–Crippen LogP) is -2.59. The van der Waals surface area contributed by atoms with E-state index in [9.17, 15) is 55.9 Å². The number of phenolic OH excluding ortho intramolecular Hbond substituents is 2. The van der Waals surface area contributed by atoms with Gasteiger partial charge in [-0.05, 0) is 54.8 Å². The summed E-state index contributed by atoms with van der Waals surface area (Å²) in [5.74, 6) is -0.935. The zero-order valence-electron chi connectivity index (χ0n) is 31.2. The molecule has 0 saturated carbocycles. The predicted molar refractivity (Wildman–Crippen MR) is 190 cm³/mol. The fraction of sp³-hybridized carbons (Fsp3) is 0.595. The van der Waals surface area contributed by atoms with Gasteiger partial charge in [0.05, 0.1) is 40.1 Å². The Hall–Kier alpha value is -3.71. The molecule has 0 spiro atoms. The Kier molecular flexibility index (Phi) is 15.4. The number of hydrogen-bond acceptors (Lipinski definition) is 20. The van der Waals surface area contributed by atoms with E-state index in [4.69, 9.17) is 42.6 Å².